The second-order valence-corrected chi connectivity index (χ2v) is 16.4. The third kappa shape index (κ3) is 4.35. The van der Waals surface area contributed by atoms with Gasteiger partial charge in [-0.15, -0.1) is 0 Å². The maximum Gasteiger partial charge on any atom is 0.171 e. The molecule has 0 bridgehead atoms. The highest BCUT2D eigenvalue weighted by molar-refractivity contribution is 7.85. The van der Waals surface area contributed by atoms with E-state index < -0.39 is 12.6 Å². The second kappa shape index (κ2) is 11.9. The molecule has 0 aliphatic carbocycles. The Balaban J connectivity index is 1.31. The molecule has 2 nitrogen and oxygen atoms in total. The minimum absolute atomic E-state index is 0.673. The van der Waals surface area contributed by atoms with Gasteiger partial charge in [-0.05, 0) is 51.6 Å². The smallest absolute Gasteiger partial charge is 0.171 e. The van der Waals surface area contributed by atoms with Crippen molar-refractivity contribution in [2.75, 3.05) is 0 Å². The molecule has 0 saturated carbocycles. The first-order valence-electron chi connectivity index (χ1n) is 17.8. The summed E-state index contributed by atoms with van der Waals surface area (Å²) in [4.78, 5) is 0. The first-order valence-corrected chi connectivity index (χ1v) is 19.5. The van der Waals surface area contributed by atoms with Crippen molar-refractivity contribution in [3.05, 3.63) is 229 Å². The monoisotopic (exact) mass is 683 g/mol. The van der Waals surface area contributed by atoms with Crippen molar-refractivity contribution < 1.29 is 4.57 Å². The van der Waals surface area contributed by atoms with Crippen LogP contribution in [-0.2, 0) is 9.98 Å². The Morgan fingerprint density at radius 2 is 0.942 bits per heavy atom. The van der Waals surface area contributed by atoms with Crippen LogP contribution in [0.15, 0.2) is 206 Å². The summed E-state index contributed by atoms with van der Waals surface area (Å²) in [5.74, 6) is 0. The number of rotatable bonds is 6. The van der Waals surface area contributed by atoms with Crippen LogP contribution < -0.4 is 15.9 Å². The van der Waals surface area contributed by atoms with Crippen molar-refractivity contribution in [1.29, 1.82) is 0 Å². The van der Waals surface area contributed by atoms with Gasteiger partial charge in [-0.1, -0.05) is 188 Å². The van der Waals surface area contributed by atoms with Gasteiger partial charge in [0.05, 0.1) is 22.1 Å². The van der Waals surface area contributed by atoms with E-state index in [1.807, 2.05) is 60.7 Å². The van der Waals surface area contributed by atoms with Crippen molar-refractivity contribution >= 4 is 44.9 Å². The predicted molar refractivity (Wildman–Crippen MR) is 217 cm³/mol. The predicted octanol–water partition coefficient (Wildman–Crippen LogP) is 10.8. The van der Waals surface area contributed by atoms with E-state index in [0.29, 0.717) is 0 Å². The first kappa shape index (κ1) is 30.6. The van der Waals surface area contributed by atoms with Crippen LogP contribution in [0.25, 0.3) is 38.6 Å². The Bertz CT molecular complexity index is 2750. The van der Waals surface area contributed by atoms with Gasteiger partial charge in [-0.2, -0.15) is 0 Å². The van der Waals surface area contributed by atoms with Gasteiger partial charge in [-0.3, -0.25) is 0 Å². The summed E-state index contributed by atoms with van der Waals surface area (Å²) in [5, 5.41) is 4.95. The fourth-order valence-electron chi connectivity index (χ4n) is 8.68. The molecule has 0 saturated heterocycles. The van der Waals surface area contributed by atoms with Crippen molar-refractivity contribution in [2.45, 2.75) is 5.41 Å². The molecular formula is C49H34NOP. The van der Waals surface area contributed by atoms with E-state index in [9.17, 15) is 0 Å². The molecular weight excluding hydrogens is 650 g/mol. The van der Waals surface area contributed by atoms with E-state index in [-0.39, 0.29) is 0 Å². The molecule has 0 fully saturated rings. The van der Waals surface area contributed by atoms with Crippen LogP contribution in [0.3, 0.4) is 0 Å². The van der Waals surface area contributed by atoms with Crippen molar-refractivity contribution in [3.8, 4) is 16.8 Å². The number of para-hydroxylation sites is 2. The van der Waals surface area contributed by atoms with Gasteiger partial charge in [-0.25, -0.2) is 0 Å². The zero-order chi connectivity index (χ0) is 34.7. The molecule has 52 heavy (non-hydrogen) atoms. The van der Waals surface area contributed by atoms with Gasteiger partial charge in [0.2, 0.25) is 0 Å². The van der Waals surface area contributed by atoms with Gasteiger partial charge < -0.3 is 9.13 Å². The lowest BCUT2D eigenvalue weighted by atomic mass is 9.63. The number of aromatic nitrogens is 1. The number of hydrogen-bond acceptors (Lipinski definition) is 1. The highest BCUT2D eigenvalue weighted by Gasteiger charge is 2.45. The average Bonchev–Trinajstić information content (AvgIpc) is 3.57. The third-order valence-electron chi connectivity index (χ3n) is 11.0. The van der Waals surface area contributed by atoms with Crippen LogP contribution in [0.1, 0.15) is 22.3 Å². The molecule has 0 spiro atoms. The van der Waals surface area contributed by atoms with Crippen LogP contribution >= 0.6 is 7.14 Å². The van der Waals surface area contributed by atoms with Crippen LogP contribution in [0.4, 0.5) is 0 Å². The summed E-state index contributed by atoms with van der Waals surface area (Å²) >= 11 is 0. The molecule has 1 unspecified atom stereocenters. The fraction of sp³-hybridized carbons (Fsp3) is 0.0204. The quantitative estimate of drug-likeness (QED) is 0.160. The lowest BCUT2D eigenvalue weighted by molar-refractivity contribution is 0.592. The van der Waals surface area contributed by atoms with Gasteiger partial charge in [0.1, 0.15) is 0 Å². The topological polar surface area (TPSA) is 22.0 Å². The molecule has 2 heterocycles. The molecule has 1 aromatic heterocycles. The average molecular weight is 684 g/mol. The third-order valence-corrected chi connectivity index (χ3v) is 14.0. The van der Waals surface area contributed by atoms with Crippen LogP contribution in [0, 0.1) is 0 Å². The van der Waals surface area contributed by atoms with E-state index in [4.69, 9.17) is 0 Å². The summed E-state index contributed by atoms with van der Waals surface area (Å²) < 4.78 is 17.9. The maximum atomic E-state index is 15.5. The highest BCUT2D eigenvalue weighted by Crippen LogP contribution is 2.55. The zero-order valence-corrected chi connectivity index (χ0v) is 29.3. The molecule has 1 aliphatic heterocycles. The molecule has 1 atom stereocenters. The van der Waals surface area contributed by atoms with Crippen LogP contribution in [0.5, 0.6) is 0 Å². The zero-order valence-electron chi connectivity index (χ0n) is 28.4. The molecule has 8 aromatic carbocycles. The van der Waals surface area contributed by atoms with E-state index in [2.05, 4.69) is 150 Å². The SMILES string of the molecule is O=P(c1ccccc1)(c1ccccc1)c1ccc(C2(c3ccccc3)c3cc(-c4ccccc4)ccc3-n3c4ccccc4c4cccc2c43)cc1. The summed E-state index contributed by atoms with van der Waals surface area (Å²) in [6.45, 7) is 0. The van der Waals surface area contributed by atoms with Crippen molar-refractivity contribution in [2.24, 2.45) is 0 Å². The molecule has 9 aromatic rings. The Labute approximate surface area is 303 Å². The number of hydrogen-bond donors (Lipinski definition) is 0. The molecule has 1 aliphatic rings. The minimum Gasteiger partial charge on any atom is -0.309 e. The summed E-state index contributed by atoms with van der Waals surface area (Å²) in [7, 11) is -3.17. The number of nitrogens with zero attached hydrogens (tertiary/aromatic N) is 1. The molecule has 246 valence electrons. The molecule has 0 N–H and O–H groups in total. The molecule has 3 heteroatoms. The Morgan fingerprint density at radius 3 is 1.62 bits per heavy atom. The highest BCUT2D eigenvalue weighted by atomic mass is 31.2. The van der Waals surface area contributed by atoms with Gasteiger partial charge in [0, 0.05) is 26.7 Å². The molecule has 0 radical (unpaired) electrons. The second-order valence-electron chi connectivity index (χ2n) is 13.6. The Morgan fingerprint density at radius 1 is 0.404 bits per heavy atom. The van der Waals surface area contributed by atoms with Gasteiger partial charge >= 0.3 is 0 Å². The number of benzene rings is 8. The standard InChI is InChI=1S/C49H34NOP/c51-52(39-20-9-3-10-21-39,40-22-11-4-12-23-40)41-31-29-38(30-32-41)49(37-18-7-2-8-19-37)44-26-15-25-43-42-24-13-14-27-46(42)50(48(43)44)47-33-28-36(34-45(47)49)35-16-5-1-6-17-35/h1-34H. The lowest BCUT2D eigenvalue weighted by Crippen LogP contribution is -2.36. The van der Waals surface area contributed by atoms with Crippen LogP contribution in [-0.4, -0.2) is 4.57 Å². The Hall–Kier alpha value is -6.21. The van der Waals surface area contributed by atoms with Gasteiger partial charge in [0.25, 0.3) is 0 Å². The van der Waals surface area contributed by atoms with E-state index >= 15 is 4.57 Å². The molecule has 0 amide bonds. The minimum atomic E-state index is -3.17. The fourth-order valence-corrected chi connectivity index (χ4v) is 11.3. The summed E-state index contributed by atoms with van der Waals surface area (Å²) in [6.07, 6.45) is 0. The van der Waals surface area contributed by atoms with E-state index in [0.717, 1.165) is 27.2 Å². The van der Waals surface area contributed by atoms with E-state index in [1.165, 1.54) is 49.6 Å². The summed E-state index contributed by atoms with van der Waals surface area (Å²) in [6, 6.07) is 72.7. The normalized spacial score (nSPS) is 15.1. The van der Waals surface area contributed by atoms with Gasteiger partial charge in [0.15, 0.2) is 7.14 Å². The largest absolute Gasteiger partial charge is 0.309 e. The number of fused-ring (bicyclic) bond motifs is 5. The molecule has 10 rings (SSSR count). The van der Waals surface area contributed by atoms with E-state index in [1.54, 1.807) is 0 Å². The Kier molecular flexibility index (Phi) is 7.03. The van der Waals surface area contributed by atoms with Crippen LogP contribution in [0.2, 0.25) is 0 Å². The van der Waals surface area contributed by atoms with Crippen molar-refractivity contribution in [3.63, 3.8) is 0 Å². The maximum absolute atomic E-state index is 15.5. The lowest BCUT2D eigenvalue weighted by Gasteiger charge is -2.42. The van der Waals surface area contributed by atoms with Crippen molar-refractivity contribution in [1.82, 2.24) is 4.57 Å². The summed E-state index contributed by atoms with van der Waals surface area (Å²) in [5.41, 5.74) is 10.0. The first-order chi connectivity index (χ1) is 25.7.